The van der Waals surface area contributed by atoms with E-state index in [-0.39, 0.29) is 24.2 Å². The molecule has 0 aliphatic heterocycles. The maximum atomic E-state index is 13.7. The molecule has 202 valence electrons. The Balaban J connectivity index is 1.90. The van der Waals surface area contributed by atoms with Gasteiger partial charge in [-0.25, -0.2) is 8.42 Å². The minimum Gasteiger partial charge on any atom is -0.493 e. The number of nitrogens with zero attached hydrogens (tertiary/aromatic N) is 2. The molecule has 37 heavy (non-hydrogen) atoms. The summed E-state index contributed by atoms with van der Waals surface area (Å²) in [6.45, 7) is 1.26. The summed E-state index contributed by atoms with van der Waals surface area (Å²) in [5, 5.41) is 3.58. The van der Waals surface area contributed by atoms with E-state index in [2.05, 4.69) is 5.32 Å². The SMILES string of the molecule is COc1ccc(N(CC(=O)N(Cc2ccc(Cl)cc2)C(C)C(=O)NC2CCCC2)S(C)(=O)=O)cc1OC. The molecule has 0 spiro atoms. The first-order valence-corrected chi connectivity index (χ1v) is 14.3. The van der Waals surface area contributed by atoms with Crippen LogP contribution in [0.3, 0.4) is 0 Å². The number of hydrogen-bond donors (Lipinski definition) is 1. The van der Waals surface area contributed by atoms with Gasteiger partial charge < -0.3 is 19.7 Å². The van der Waals surface area contributed by atoms with E-state index in [4.69, 9.17) is 21.1 Å². The van der Waals surface area contributed by atoms with Crippen molar-refractivity contribution in [2.45, 2.75) is 51.2 Å². The Bertz CT molecular complexity index is 1200. The molecule has 0 radical (unpaired) electrons. The monoisotopic (exact) mass is 551 g/mol. The molecule has 1 fully saturated rings. The average molecular weight is 552 g/mol. The zero-order valence-electron chi connectivity index (χ0n) is 21.6. The Labute approximate surface area is 223 Å². The molecule has 1 N–H and O–H groups in total. The van der Waals surface area contributed by atoms with Crippen molar-refractivity contribution in [1.82, 2.24) is 10.2 Å². The Hall–Kier alpha value is -2.98. The van der Waals surface area contributed by atoms with E-state index in [9.17, 15) is 18.0 Å². The predicted molar refractivity (Wildman–Crippen MR) is 144 cm³/mol. The van der Waals surface area contributed by atoms with Crippen LogP contribution < -0.4 is 19.1 Å². The molecule has 1 unspecified atom stereocenters. The van der Waals surface area contributed by atoms with Crippen LogP contribution in [0.5, 0.6) is 11.5 Å². The highest BCUT2D eigenvalue weighted by molar-refractivity contribution is 7.92. The molecule has 2 aromatic carbocycles. The molecule has 1 atom stereocenters. The molecule has 0 heterocycles. The molecule has 0 saturated heterocycles. The van der Waals surface area contributed by atoms with Crippen molar-refractivity contribution in [1.29, 1.82) is 0 Å². The van der Waals surface area contributed by atoms with Crippen LogP contribution in [0.25, 0.3) is 0 Å². The highest BCUT2D eigenvalue weighted by atomic mass is 35.5. The van der Waals surface area contributed by atoms with Crippen molar-refractivity contribution in [2.75, 3.05) is 31.3 Å². The summed E-state index contributed by atoms with van der Waals surface area (Å²) >= 11 is 6.01. The second-order valence-corrected chi connectivity index (χ2v) is 11.5. The van der Waals surface area contributed by atoms with Crippen LogP contribution in [0.4, 0.5) is 5.69 Å². The first-order chi connectivity index (χ1) is 17.5. The van der Waals surface area contributed by atoms with Gasteiger partial charge in [-0.1, -0.05) is 36.6 Å². The lowest BCUT2D eigenvalue weighted by molar-refractivity contribution is -0.139. The number of halogens is 1. The zero-order chi connectivity index (χ0) is 27.2. The van der Waals surface area contributed by atoms with E-state index in [1.54, 1.807) is 37.3 Å². The summed E-state index contributed by atoms with van der Waals surface area (Å²) in [7, 11) is -0.948. The lowest BCUT2D eigenvalue weighted by atomic mass is 10.1. The van der Waals surface area contributed by atoms with Crippen LogP contribution >= 0.6 is 11.6 Å². The molecule has 3 rings (SSSR count). The second-order valence-electron chi connectivity index (χ2n) is 9.12. The summed E-state index contributed by atoms with van der Waals surface area (Å²) in [4.78, 5) is 28.2. The average Bonchev–Trinajstić information content (AvgIpc) is 3.38. The van der Waals surface area contributed by atoms with E-state index in [0.717, 1.165) is 41.8 Å². The van der Waals surface area contributed by atoms with Gasteiger partial charge in [-0.3, -0.25) is 13.9 Å². The van der Waals surface area contributed by atoms with Gasteiger partial charge in [0.1, 0.15) is 12.6 Å². The number of amides is 2. The number of benzene rings is 2. The fraction of sp³-hybridized carbons (Fsp3) is 0.462. The number of methoxy groups -OCH3 is 2. The largest absolute Gasteiger partial charge is 0.493 e. The van der Waals surface area contributed by atoms with Crippen LogP contribution in [0.15, 0.2) is 42.5 Å². The number of ether oxygens (including phenoxy) is 2. The lowest BCUT2D eigenvalue weighted by Crippen LogP contribution is -2.52. The fourth-order valence-corrected chi connectivity index (χ4v) is 5.32. The van der Waals surface area contributed by atoms with Crippen LogP contribution in [0.1, 0.15) is 38.2 Å². The Kier molecular flexibility index (Phi) is 9.67. The standard InChI is InChI=1S/C26H34ClN3O6S/c1-18(26(32)28-21-7-5-6-8-21)29(16-19-9-11-20(27)12-10-19)25(31)17-30(37(4,33)34)22-13-14-23(35-2)24(15-22)36-3/h9-15,18,21H,5-8,16-17H2,1-4H3,(H,28,32). The minimum absolute atomic E-state index is 0.0849. The van der Waals surface area contributed by atoms with E-state index >= 15 is 0 Å². The van der Waals surface area contributed by atoms with Gasteiger partial charge in [0.2, 0.25) is 21.8 Å². The van der Waals surface area contributed by atoms with Crippen LogP contribution in [0, 0.1) is 0 Å². The van der Waals surface area contributed by atoms with Gasteiger partial charge in [0.25, 0.3) is 0 Å². The quantitative estimate of drug-likeness (QED) is 0.457. The van der Waals surface area contributed by atoms with Gasteiger partial charge in [-0.2, -0.15) is 0 Å². The third-order valence-electron chi connectivity index (χ3n) is 6.47. The summed E-state index contributed by atoms with van der Waals surface area (Å²) in [5.74, 6) is -0.0495. The topological polar surface area (TPSA) is 105 Å². The van der Waals surface area contributed by atoms with Gasteiger partial charge in [0, 0.05) is 23.7 Å². The summed E-state index contributed by atoms with van der Waals surface area (Å²) in [5.41, 5.74) is 0.998. The van der Waals surface area contributed by atoms with Gasteiger partial charge in [0.15, 0.2) is 11.5 Å². The lowest BCUT2D eigenvalue weighted by Gasteiger charge is -2.32. The highest BCUT2D eigenvalue weighted by Crippen LogP contribution is 2.32. The summed E-state index contributed by atoms with van der Waals surface area (Å²) < 4.78 is 37.1. The van der Waals surface area contributed by atoms with E-state index in [0.29, 0.717) is 16.5 Å². The molecule has 0 bridgehead atoms. The number of rotatable bonds is 11. The molecule has 0 aromatic heterocycles. The van der Waals surface area contributed by atoms with Crippen molar-refractivity contribution in [2.24, 2.45) is 0 Å². The first-order valence-electron chi connectivity index (χ1n) is 12.1. The number of hydrogen-bond acceptors (Lipinski definition) is 6. The van der Waals surface area contributed by atoms with E-state index < -0.39 is 28.5 Å². The maximum absolute atomic E-state index is 13.7. The van der Waals surface area contributed by atoms with Crippen LogP contribution in [-0.4, -0.2) is 64.2 Å². The predicted octanol–water partition coefficient (Wildman–Crippen LogP) is 3.60. The molecular weight excluding hydrogens is 518 g/mol. The van der Waals surface area contributed by atoms with Gasteiger partial charge in [0.05, 0.1) is 26.2 Å². The Morgan fingerprint density at radius 1 is 1.05 bits per heavy atom. The number of nitrogens with one attached hydrogen (secondary N) is 1. The minimum atomic E-state index is -3.86. The number of carbonyl (C=O) groups is 2. The number of sulfonamides is 1. The van der Waals surface area contributed by atoms with E-state index in [1.165, 1.54) is 31.3 Å². The van der Waals surface area contributed by atoms with E-state index in [1.807, 2.05) is 0 Å². The molecule has 1 aliphatic carbocycles. The first kappa shape index (κ1) is 28.6. The van der Waals surface area contributed by atoms with Crippen LogP contribution in [-0.2, 0) is 26.2 Å². The third kappa shape index (κ3) is 7.52. The Morgan fingerprint density at radius 3 is 2.24 bits per heavy atom. The smallest absolute Gasteiger partial charge is 0.244 e. The number of anilines is 1. The highest BCUT2D eigenvalue weighted by Gasteiger charge is 2.31. The van der Waals surface area contributed by atoms with Crippen molar-refractivity contribution in [3.8, 4) is 11.5 Å². The van der Waals surface area contributed by atoms with Crippen molar-refractivity contribution >= 4 is 39.1 Å². The van der Waals surface area contributed by atoms with Crippen molar-refractivity contribution in [3.63, 3.8) is 0 Å². The normalized spacial score (nSPS) is 14.6. The van der Waals surface area contributed by atoms with Crippen LogP contribution in [0.2, 0.25) is 5.02 Å². The fourth-order valence-electron chi connectivity index (χ4n) is 4.35. The summed E-state index contributed by atoms with van der Waals surface area (Å²) in [6.07, 6.45) is 4.95. The van der Waals surface area contributed by atoms with Crippen molar-refractivity contribution in [3.05, 3.63) is 53.1 Å². The molecule has 9 nitrogen and oxygen atoms in total. The third-order valence-corrected chi connectivity index (χ3v) is 7.86. The molecule has 1 saturated carbocycles. The maximum Gasteiger partial charge on any atom is 0.244 e. The number of carbonyl (C=O) groups excluding carboxylic acids is 2. The summed E-state index contributed by atoms with van der Waals surface area (Å²) in [6, 6.07) is 10.8. The Morgan fingerprint density at radius 2 is 1.68 bits per heavy atom. The molecule has 11 heteroatoms. The van der Waals surface area contributed by atoms with Crippen molar-refractivity contribution < 1.29 is 27.5 Å². The molecular formula is C26H34ClN3O6S. The van der Waals surface area contributed by atoms with Gasteiger partial charge >= 0.3 is 0 Å². The van der Waals surface area contributed by atoms with Gasteiger partial charge in [-0.05, 0) is 49.6 Å². The molecule has 1 aliphatic rings. The molecule has 2 amide bonds. The van der Waals surface area contributed by atoms with Gasteiger partial charge in [-0.15, -0.1) is 0 Å². The second kappa shape index (κ2) is 12.5. The molecule has 2 aromatic rings. The zero-order valence-corrected chi connectivity index (χ0v) is 23.1.